The van der Waals surface area contributed by atoms with Crippen LogP contribution in [0.1, 0.15) is 19.8 Å². The number of nitrogens with zero attached hydrogens (tertiary/aromatic N) is 1. The molecule has 1 aliphatic carbocycles. The molecule has 1 aromatic rings. The van der Waals surface area contributed by atoms with Crippen molar-refractivity contribution in [2.45, 2.75) is 25.8 Å². The van der Waals surface area contributed by atoms with Crippen molar-refractivity contribution in [2.75, 3.05) is 25.0 Å². The number of carbonyl (C=O) groups excluding carboxylic acids is 2. The summed E-state index contributed by atoms with van der Waals surface area (Å²) in [6, 6.07) is 7.95. The number of anilines is 1. The van der Waals surface area contributed by atoms with Crippen LogP contribution in [0, 0.1) is 3.57 Å². The maximum Gasteiger partial charge on any atom is 0.320 e. The molecule has 0 bridgehead atoms. The highest BCUT2D eigenvalue weighted by Crippen LogP contribution is 2.26. The monoisotopic (exact) mass is 402 g/mol. The second-order valence-corrected chi connectivity index (χ2v) is 6.25. The fourth-order valence-corrected chi connectivity index (χ4v) is 2.62. The summed E-state index contributed by atoms with van der Waals surface area (Å²) in [4.78, 5) is 25.6. The quantitative estimate of drug-likeness (QED) is 0.562. The maximum absolute atomic E-state index is 12.1. The van der Waals surface area contributed by atoms with Crippen molar-refractivity contribution in [3.63, 3.8) is 0 Å². The molecule has 114 valence electrons. The largest absolute Gasteiger partial charge is 0.465 e. The van der Waals surface area contributed by atoms with Gasteiger partial charge in [-0.2, -0.15) is 0 Å². The summed E-state index contributed by atoms with van der Waals surface area (Å²) in [5, 5.41) is 2.86. The number of hydrogen-bond acceptors (Lipinski definition) is 4. The molecule has 1 aromatic carbocycles. The van der Waals surface area contributed by atoms with Crippen LogP contribution in [0.2, 0.25) is 0 Å². The van der Waals surface area contributed by atoms with Gasteiger partial charge in [0.15, 0.2) is 0 Å². The molecule has 6 heteroatoms. The molecule has 1 amide bonds. The third-order valence-corrected chi connectivity index (χ3v) is 3.83. The first-order valence-electron chi connectivity index (χ1n) is 7.03. The standard InChI is InChI=1S/C15H19IN2O3/c1-2-21-15(20)10-18(13-6-7-13)9-14(19)17-12-5-3-4-11(16)8-12/h3-5,8,13H,2,6-7,9-10H2,1H3,(H,17,19). The summed E-state index contributed by atoms with van der Waals surface area (Å²) in [5.41, 5.74) is 0.777. The Bertz CT molecular complexity index is 517. The minimum atomic E-state index is -0.272. The molecule has 0 heterocycles. The Balaban J connectivity index is 1.88. The Morgan fingerprint density at radius 3 is 2.76 bits per heavy atom. The summed E-state index contributed by atoms with van der Waals surface area (Å²) in [5.74, 6) is -0.375. The Kier molecular flexibility index (Phi) is 5.98. The van der Waals surface area contributed by atoms with Crippen LogP contribution in [0.5, 0.6) is 0 Å². The fourth-order valence-electron chi connectivity index (χ4n) is 2.08. The lowest BCUT2D eigenvalue weighted by molar-refractivity contribution is -0.144. The van der Waals surface area contributed by atoms with Gasteiger partial charge in [-0.25, -0.2) is 0 Å². The lowest BCUT2D eigenvalue weighted by Gasteiger charge is -2.20. The molecule has 0 unspecified atom stereocenters. The zero-order chi connectivity index (χ0) is 15.2. The number of benzene rings is 1. The van der Waals surface area contributed by atoms with Crippen molar-refractivity contribution in [3.05, 3.63) is 27.8 Å². The first-order valence-corrected chi connectivity index (χ1v) is 8.11. The number of esters is 1. The lowest BCUT2D eigenvalue weighted by Crippen LogP contribution is -2.39. The highest BCUT2D eigenvalue weighted by atomic mass is 127. The van der Waals surface area contributed by atoms with E-state index in [0.717, 1.165) is 22.1 Å². The van der Waals surface area contributed by atoms with Crippen LogP contribution in [-0.4, -0.2) is 42.5 Å². The summed E-state index contributed by atoms with van der Waals surface area (Å²) in [6.45, 7) is 2.54. The zero-order valence-corrected chi connectivity index (χ0v) is 14.1. The van der Waals surface area contributed by atoms with Crippen LogP contribution >= 0.6 is 22.6 Å². The van der Waals surface area contributed by atoms with Crippen molar-refractivity contribution in [2.24, 2.45) is 0 Å². The number of rotatable bonds is 7. The van der Waals surface area contributed by atoms with Gasteiger partial charge in [0.05, 0.1) is 19.7 Å². The maximum atomic E-state index is 12.1. The molecule has 1 N–H and O–H groups in total. The van der Waals surface area contributed by atoms with E-state index < -0.39 is 0 Å². The van der Waals surface area contributed by atoms with E-state index in [1.165, 1.54) is 0 Å². The van der Waals surface area contributed by atoms with Gasteiger partial charge in [-0.1, -0.05) is 6.07 Å². The predicted octanol–water partition coefficient (Wildman–Crippen LogP) is 2.26. The molecule has 1 fully saturated rings. The summed E-state index contributed by atoms with van der Waals surface area (Å²) in [7, 11) is 0. The Morgan fingerprint density at radius 1 is 1.38 bits per heavy atom. The van der Waals surface area contributed by atoms with E-state index >= 15 is 0 Å². The first kappa shape index (κ1) is 16.2. The van der Waals surface area contributed by atoms with E-state index in [2.05, 4.69) is 27.9 Å². The van der Waals surface area contributed by atoms with Gasteiger partial charge in [-0.3, -0.25) is 14.5 Å². The fraction of sp³-hybridized carbons (Fsp3) is 0.467. The number of nitrogens with one attached hydrogen (secondary N) is 1. The molecule has 0 radical (unpaired) electrons. The Hall–Kier alpha value is -1.15. The summed E-state index contributed by atoms with van der Waals surface area (Å²) in [6.07, 6.45) is 2.08. The molecule has 21 heavy (non-hydrogen) atoms. The van der Waals surface area contributed by atoms with E-state index in [-0.39, 0.29) is 25.0 Å². The molecule has 1 aliphatic rings. The average molecular weight is 402 g/mol. The van der Waals surface area contributed by atoms with Gasteiger partial charge in [-0.15, -0.1) is 0 Å². The van der Waals surface area contributed by atoms with Crippen molar-refractivity contribution in [1.82, 2.24) is 4.90 Å². The molecular weight excluding hydrogens is 383 g/mol. The highest BCUT2D eigenvalue weighted by Gasteiger charge is 2.31. The number of carbonyl (C=O) groups is 2. The van der Waals surface area contributed by atoms with Crippen LogP contribution in [-0.2, 0) is 14.3 Å². The van der Waals surface area contributed by atoms with Crippen LogP contribution in [0.3, 0.4) is 0 Å². The van der Waals surface area contributed by atoms with Gasteiger partial charge in [0.2, 0.25) is 5.91 Å². The number of ether oxygens (including phenoxy) is 1. The smallest absolute Gasteiger partial charge is 0.320 e. The van der Waals surface area contributed by atoms with Gasteiger partial charge in [0, 0.05) is 15.3 Å². The van der Waals surface area contributed by atoms with Crippen molar-refractivity contribution < 1.29 is 14.3 Å². The van der Waals surface area contributed by atoms with E-state index in [1.807, 2.05) is 29.2 Å². The normalized spacial score (nSPS) is 14.0. The zero-order valence-electron chi connectivity index (χ0n) is 12.0. The van der Waals surface area contributed by atoms with Gasteiger partial charge in [0.1, 0.15) is 0 Å². The second kappa shape index (κ2) is 7.74. The summed E-state index contributed by atoms with van der Waals surface area (Å²) >= 11 is 2.20. The minimum absolute atomic E-state index is 0.104. The first-order chi connectivity index (χ1) is 10.1. The third-order valence-electron chi connectivity index (χ3n) is 3.16. The Labute approximate surface area is 138 Å². The third kappa shape index (κ3) is 5.62. The van der Waals surface area contributed by atoms with Crippen molar-refractivity contribution in [3.8, 4) is 0 Å². The van der Waals surface area contributed by atoms with Crippen LogP contribution in [0.4, 0.5) is 5.69 Å². The molecule has 1 saturated carbocycles. The van der Waals surface area contributed by atoms with Crippen molar-refractivity contribution >= 4 is 40.2 Å². The van der Waals surface area contributed by atoms with E-state index in [9.17, 15) is 9.59 Å². The Morgan fingerprint density at radius 2 is 2.14 bits per heavy atom. The number of hydrogen-bond donors (Lipinski definition) is 1. The number of halogens is 1. The summed E-state index contributed by atoms with van der Waals surface area (Å²) < 4.78 is 6.02. The van der Waals surface area contributed by atoms with Crippen LogP contribution < -0.4 is 5.32 Å². The predicted molar refractivity (Wildman–Crippen MR) is 89.0 cm³/mol. The van der Waals surface area contributed by atoms with Crippen LogP contribution in [0.25, 0.3) is 0 Å². The molecule has 0 spiro atoms. The molecule has 2 rings (SSSR count). The van der Waals surface area contributed by atoms with E-state index in [0.29, 0.717) is 12.6 Å². The van der Waals surface area contributed by atoms with E-state index in [1.54, 1.807) is 6.92 Å². The van der Waals surface area contributed by atoms with Crippen LogP contribution in [0.15, 0.2) is 24.3 Å². The lowest BCUT2D eigenvalue weighted by atomic mass is 10.3. The van der Waals surface area contributed by atoms with Gasteiger partial charge < -0.3 is 10.1 Å². The van der Waals surface area contributed by atoms with E-state index in [4.69, 9.17) is 4.74 Å². The van der Waals surface area contributed by atoms with Gasteiger partial charge in [-0.05, 0) is 60.6 Å². The molecule has 0 atom stereocenters. The average Bonchev–Trinajstić information content (AvgIpc) is 3.22. The van der Waals surface area contributed by atoms with Gasteiger partial charge in [0.25, 0.3) is 0 Å². The van der Waals surface area contributed by atoms with Gasteiger partial charge >= 0.3 is 5.97 Å². The second-order valence-electron chi connectivity index (χ2n) is 5.00. The molecule has 0 aliphatic heterocycles. The van der Waals surface area contributed by atoms with Crippen molar-refractivity contribution in [1.29, 1.82) is 0 Å². The molecule has 0 saturated heterocycles. The molecule has 5 nitrogen and oxygen atoms in total. The topological polar surface area (TPSA) is 58.6 Å². The number of amides is 1. The SMILES string of the molecule is CCOC(=O)CN(CC(=O)Nc1cccc(I)c1)C1CC1. The minimum Gasteiger partial charge on any atom is -0.465 e. The highest BCUT2D eigenvalue weighted by molar-refractivity contribution is 14.1. The molecule has 0 aromatic heterocycles. The molecular formula is C15H19IN2O3.